The molecule has 0 saturated carbocycles. The molecule has 0 spiro atoms. The largest absolute Gasteiger partial charge is 0.490 e. The first-order chi connectivity index (χ1) is 14.1. The number of rotatable bonds is 9. The summed E-state index contributed by atoms with van der Waals surface area (Å²) in [6, 6.07) is 19.4. The molecule has 0 radical (unpaired) electrons. The van der Waals surface area contributed by atoms with Crippen LogP contribution in [0, 0.1) is 0 Å². The van der Waals surface area contributed by atoms with E-state index in [4.69, 9.17) is 14.2 Å². The maximum Gasteiger partial charge on any atom is 0.258 e. The van der Waals surface area contributed by atoms with Gasteiger partial charge in [-0.1, -0.05) is 36.4 Å². The molecule has 29 heavy (non-hydrogen) atoms. The van der Waals surface area contributed by atoms with E-state index in [1.54, 1.807) is 0 Å². The average Bonchev–Trinajstić information content (AvgIpc) is 2.73. The van der Waals surface area contributed by atoms with Crippen LogP contribution >= 0.6 is 0 Å². The Kier molecular flexibility index (Phi) is 6.95. The van der Waals surface area contributed by atoms with Gasteiger partial charge in [0.1, 0.15) is 5.75 Å². The highest BCUT2D eigenvalue weighted by atomic mass is 16.5. The van der Waals surface area contributed by atoms with Crippen LogP contribution in [0.1, 0.15) is 32.4 Å². The van der Waals surface area contributed by atoms with Crippen molar-refractivity contribution in [2.45, 2.75) is 26.8 Å². The van der Waals surface area contributed by atoms with E-state index in [9.17, 15) is 4.79 Å². The summed E-state index contributed by atoms with van der Waals surface area (Å²) in [5.41, 5.74) is 0.941. The molecule has 3 aromatic rings. The van der Waals surface area contributed by atoms with Crippen molar-refractivity contribution in [3.8, 4) is 17.2 Å². The summed E-state index contributed by atoms with van der Waals surface area (Å²) in [6.45, 7) is 6.86. The van der Waals surface area contributed by atoms with Crippen LogP contribution in [0.25, 0.3) is 10.8 Å². The van der Waals surface area contributed by atoms with E-state index in [1.807, 2.05) is 81.4 Å². The van der Waals surface area contributed by atoms with Crippen molar-refractivity contribution in [2.24, 2.45) is 0 Å². The first kappa shape index (κ1) is 20.5. The summed E-state index contributed by atoms with van der Waals surface area (Å²) in [5, 5.41) is 5.18. The lowest BCUT2D eigenvalue weighted by Crippen LogP contribution is -2.31. The minimum Gasteiger partial charge on any atom is -0.490 e. The third-order valence-electron chi connectivity index (χ3n) is 4.54. The second-order valence-corrected chi connectivity index (χ2v) is 6.66. The molecule has 0 bridgehead atoms. The highest BCUT2D eigenvalue weighted by Gasteiger charge is 2.14. The molecular formula is C24H27NO4. The summed E-state index contributed by atoms with van der Waals surface area (Å²) in [4.78, 5) is 12.4. The monoisotopic (exact) mass is 393 g/mol. The summed E-state index contributed by atoms with van der Waals surface area (Å²) in [5.74, 6) is 1.88. The molecule has 0 aliphatic rings. The fraction of sp³-hybridized carbons (Fsp3) is 0.292. The quantitative estimate of drug-likeness (QED) is 0.562. The van der Waals surface area contributed by atoms with Crippen LogP contribution in [-0.2, 0) is 4.79 Å². The number of benzene rings is 3. The van der Waals surface area contributed by atoms with Gasteiger partial charge in [0.2, 0.25) is 0 Å². The minimum absolute atomic E-state index is 0.0436. The van der Waals surface area contributed by atoms with E-state index in [0.29, 0.717) is 30.5 Å². The molecule has 0 aromatic heterocycles. The van der Waals surface area contributed by atoms with Gasteiger partial charge < -0.3 is 19.5 Å². The maximum atomic E-state index is 12.4. The molecule has 0 aliphatic carbocycles. The van der Waals surface area contributed by atoms with Gasteiger partial charge in [-0.2, -0.15) is 0 Å². The average molecular weight is 393 g/mol. The fourth-order valence-electron chi connectivity index (χ4n) is 3.11. The van der Waals surface area contributed by atoms with Crippen molar-refractivity contribution >= 4 is 16.7 Å². The Labute approximate surface area is 171 Å². The molecule has 0 fully saturated rings. The van der Waals surface area contributed by atoms with Crippen molar-refractivity contribution < 1.29 is 19.0 Å². The number of carbonyl (C=O) groups excluding carboxylic acids is 1. The second kappa shape index (κ2) is 9.82. The minimum atomic E-state index is -0.183. The van der Waals surface area contributed by atoms with E-state index >= 15 is 0 Å². The molecule has 0 heterocycles. The second-order valence-electron chi connectivity index (χ2n) is 6.66. The van der Waals surface area contributed by atoms with Crippen molar-refractivity contribution in [3.05, 3.63) is 66.2 Å². The number of hydrogen-bond acceptors (Lipinski definition) is 4. The molecule has 5 nitrogen and oxygen atoms in total. The van der Waals surface area contributed by atoms with E-state index in [-0.39, 0.29) is 18.6 Å². The van der Waals surface area contributed by atoms with Crippen molar-refractivity contribution in [1.29, 1.82) is 0 Å². The zero-order valence-corrected chi connectivity index (χ0v) is 17.1. The summed E-state index contributed by atoms with van der Waals surface area (Å²) in [6.07, 6.45) is 0. The van der Waals surface area contributed by atoms with Crippen LogP contribution < -0.4 is 19.5 Å². The van der Waals surface area contributed by atoms with Crippen molar-refractivity contribution in [1.82, 2.24) is 5.32 Å². The zero-order valence-electron chi connectivity index (χ0n) is 17.1. The third kappa shape index (κ3) is 5.41. The summed E-state index contributed by atoms with van der Waals surface area (Å²) in [7, 11) is 0. The van der Waals surface area contributed by atoms with Crippen LogP contribution in [-0.4, -0.2) is 25.7 Å². The molecule has 1 amide bonds. The zero-order chi connectivity index (χ0) is 20.6. The van der Waals surface area contributed by atoms with Crippen LogP contribution in [0.3, 0.4) is 0 Å². The lowest BCUT2D eigenvalue weighted by Gasteiger charge is -2.18. The Bertz CT molecular complexity index is 970. The van der Waals surface area contributed by atoms with Gasteiger partial charge in [-0.15, -0.1) is 0 Å². The molecule has 3 aromatic carbocycles. The van der Waals surface area contributed by atoms with Gasteiger partial charge in [0.05, 0.1) is 19.3 Å². The molecule has 3 rings (SSSR count). The molecule has 1 atom stereocenters. The van der Waals surface area contributed by atoms with E-state index in [1.165, 1.54) is 0 Å². The normalized spacial score (nSPS) is 11.7. The Balaban J connectivity index is 1.60. The number of ether oxygens (including phenoxy) is 3. The first-order valence-electron chi connectivity index (χ1n) is 9.91. The first-order valence-corrected chi connectivity index (χ1v) is 9.91. The van der Waals surface area contributed by atoms with E-state index in [2.05, 4.69) is 5.32 Å². The number of carbonyl (C=O) groups is 1. The lowest BCUT2D eigenvalue weighted by atomic mass is 10.1. The number of hydrogen-bond donors (Lipinski definition) is 1. The Morgan fingerprint density at radius 3 is 2.34 bits per heavy atom. The molecule has 1 N–H and O–H groups in total. The molecule has 0 aliphatic heterocycles. The molecule has 0 saturated heterocycles. The Hall–Kier alpha value is -3.21. The number of nitrogens with one attached hydrogen (secondary N) is 1. The van der Waals surface area contributed by atoms with Gasteiger partial charge in [0.15, 0.2) is 18.1 Å². The van der Waals surface area contributed by atoms with E-state index in [0.717, 1.165) is 16.3 Å². The fourth-order valence-corrected chi connectivity index (χ4v) is 3.11. The number of fused-ring (bicyclic) bond motifs is 1. The number of amides is 1. The molecular weight excluding hydrogens is 366 g/mol. The van der Waals surface area contributed by atoms with Crippen LogP contribution in [0.5, 0.6) is 17.2 Å². The summed E-state index contributed by atoms with van der Waals surface area (Å²) >= 11 is 0. The lowest BCUT2D eigenvalue weighted by molar-refractivity contribution is -0.123. The van der Waals surface area contributed by atoms with Gasteiger partial charge in [0, 0.05) is 0 Å². The van der Waals surface area contributed by atoms with Gasteiger partial charge >= 0.3 is 0 Å². The Morgan fingerprint density at radius 1 is 0.862 bits per heavy atom. The summed E-state index contributed by atoms with van der Waals surface area (Å²) < 4.78 is 16.9. The van der Waals surface area contributed by atoms with E-state index < -0.39 is 0 Å². The highest BCUT2D eigenvalue weighted by Crippen LogP contribution is 2.30. The van der Waals surface area contributed by atoms with Gasteiger partial charge in [-0.3, -0.25) is 4.79 Å². The van der Waals surface area contributed by atoms with Crippen molar-refractivity contribution in [2.75, 3.05) is 19.8 Å². The third-order valence-corrected chi connectivity index (χ3v) is 4.54. The van der Waals surface area contributed by atoms with Crippen LogP contribution in [0.15, 0.2) is 60.7 Å². The molecule has 5 heteroatoms. The standard InChI is InChI=1S/C24H27NO4/c1-4-27-22-13-11-19(15-23(22)28-5-2)17(3)25-24(26)16-29-21-12-10-18-8-6-7-9-20(18)14-21/h6-15,17H,4-5,16H2,1-3H3,(H,25,26)/t17-/m0/s1. The smallest absolute Gasteiger partial charge is 0.258 e. The van der Waals surface area contributed by atoms with Crippen LogP contribution in [0.4, 0.5) is 0 Å². The maximum absolute atomic E-state index is 12.4. The highest BCUT2D eigenvalue weighted by molar-refractivity contribution is 5.84. The predicted octanol–water partition coefficient (Wildman–Crippen LogP) is 4.89. The topological polar surface area (TPSA) is 56.8 Å². The SMILES string of the molecule is CCOc1ccc([C@H](C)NC(=O)COc2ccc3ccccc3c2)cc1OCC. The van der Waals surface area contributed by atoms with Gasteiger partial charge in [-0.05, 0) is 61.4 Å². The van der Waals surface area contributed by atoms with Crippen molar-refractivity contribution in [3.63, 3.8) is 0 Å². The van der Waals surface area contributed by atoms with Gasteiger partial charge in [-0.25, -0.2) is 0 Å². The molecule has 0 unspecified atom stereocenters. The predicted molar refractivity (Wildman–Crippen MR) is 115 cm³/mol. The van der Waals surface area contributed by atoms with Gasteiger partial charge in [0.25, 0.3) is 5.91 Å². The molecule has 152 valence electrons. The van der Waals surface area contributed by atoms with Crippen LogP contribution in [0.2, 0.25) is 0 Å². The Morgan fingerprint density at radius 2 is 1.59 bits per heavy atom.